The molecule has 158 valence electrons. The topological polar surface area (TPSA) is 116 Å². The molecule has 2 saturated heterocycles. The van der Waals surface area contributed by atoms with Crippen molar-refractivity contribution in [2.45, 2.75) is 71.1 Å². The van der Waals surface area contributed by atoms with Crippen molar-refractivity contribution in [1.29, 1.82) is 0 Å². The van der Waals surface area contributed by atoms with E-state index in [1.165, 1.54) is 4.90 Å². The fraction of sp³-hybridized carbons (Fsp3) is 0.789. The molecule has 0 aromatic rings. The second kappa shape index (κ2) is 8.36. The van der Waals surface area contributed by atoms with Crippen molar-refractivity contribution in [3.05, 3.63) is 0 Å². The SMILES string of the molecule is CC(CN1CCCC1=O)C[C@](NC(=O)OC(C)(C)C)(C(=O)O)N1CCCC1=O. The van der Waals surface area contributed by atoms with Gasteiger partial charge in [-0.2, -0.15) is 0 Å². The normalized spacial score (nSPS) is 20.9. The highest BCUT2D eigenvalue weighted by Crippen LogP contribution is 2.29. The molecule has 0 aliphatic carbocycles. The number of alkyl carbamates (subject to hydrolysis) is 1. The summed E-state index contributed by atoms with van der Waals surface area (Å²) in [4.78, 5) is 52.0. The number of carbonyl (C=O) groups excluding carboxylic acids is 3. The molecule has 0 bridgehead atoms. The second-order valence-electron chi connectivity index (χ2n) is 8.69. The first-order valence-corrected chi connectivity index (χ1v) is 9.77. The van der Waals surface area contributed by atoms with Gasteiger partial charge in [-0.3, -0.25) is 14.9 Å². The van der Waals surface area contributed by atoms with Gasteiger partial charge >= 0.3 is 12.1 Å². The standard InChI is InChI=1S/C19H31N3O6/c1-13(12-21-9-5-7-14(21)23)11-19(16(25)26,22-10-6-8-15(22)24)20-17(27)28-18(2,3)4/h13H,5-12H2,1-4H3,(H,20,27)(H,25,26)/t13?,19-/m1/s1. The van der Waals surface area contributed by atoms with Gasteiger partial charge in [0.25, 0.3) is 0 Å². The molecule has 28 heavy (non-hydrogen) atoms. The van der Waals surface area contributed by atoms with Crippen LogP contribution < -0.4 is 5.32 Å². The van der Waals surface area contributed by atoms with Crippen LogP contribution in [0.5, 0.6) is 0 Å². The predicted octanol–water partition coefficient (Wildman–Crippen LogP) is 1.56. The van der Waals surface area contributed by atoms with Gasteiger partial charge in [-0.05, 0) is 39.5 Å². The highest BCUT2D eigenvalue weighted by Gasteiger charge is 2.51. The highest BCUT2D eigenvalue weighted by molar-refractivity contribution is 5.90. The van der Waals surface area contributed by atoms with Gasteiger partial charge in [0.2, 0.25) is 17.5 Å². The van der Waals surface area contributed by atoms with Gasteiger partial charge in [0.15, 0.2) is 0 Å². The highest BCUT2D eigenvalue weighted by atomic mass is 16.6. The van der Waals surface area contributed by atoms with Crippen molar-refractivity contribution >= 4 is 23.9 Å². The van der Waals surface area contributed by atoms with Gasteiger partial charge in [0.05, 0.1) is 0 Å². The number of likely N-dealkylation sites (tertiary alicyclic amines) is 2. The number of hydrogen-bond acceptors (Lipinski definition) is 5. The zero-order valence-electron chi connectivity index (χ0n) is 17.1. The lowest BCUT2D eigenvalue weighted by Crippen LogP contribution is -2.67. The van der Waals surface area contributed by atoms with Crippen molar-refractivity contribution in [3.63, 3.8) is 0 Å². The lowest BCUT2D eigenvalue weighted by Gasteiger charge is -2.40. The molecule has 2 aliphatic rings. The van der Waals surface area contributed by atoms with Crippen molar-refractivity contribution in [2.75, 3.05) is 19.6 Å². The molecule has 0 radical (unpaired) electrons. The Hall–Kier alpha value is -2.32. The summed E-state index contributed by atoms with van der Waals surface area (Å²) in [5, 5.41) is 12.5. The third kappa shape index (κ3) is 5.14. The van der Waals surface area contributed by atoms with Crippen LogP contribution in [0.25, 0.3) is 0 Å². The fourth-order valence-electron chi connectivity index (χ4n) is 3.85. The minimum Gasteiger partial charge on any atom is -0.478 e. The van der Waals surface area contributed by atoms with Gasteiger partial charge < -0.3 is 19.6 Å². The molecule has 0 saturated carbocycles. The summed E-state index contributed by atoms with van der Waals surface area (Å²) in [5.41, 5.74) is -2.71. The number of hydrogen-bond donors (Lipinski definition) is 2. The van der Waals surface area contributed by atoms with Crippen LogP contribution in [0.2, 0.25) is 0 Å². The number of carboxylic acids is 1. The van der Waals surface area contributed by atoms with E-state index in [4.69, 9.17) is 4.74 Å². The van der Waals surface area contributed by atoms with Crippen LogP contribution in [0.4, 0.5) is 4.79 Å². The summed E-state index contributed by atoms with van der Waals surface area (Å²) in [6, 6.07) is 0. The van der Waals surface area contributed by atoms with Crippen molar-refractivity contribution in [2.24, 2.45) is 5.92 Å². The molecular weight excluding hydrogens is 366 g/mol. The maximum atomic E-state index is 12.4. The first-order valence-electron chi connectivity index (χ1n) is 9.77. The molecule has 0 aromatic heterocycles. The maximum Gasteiger partial charge on any atom is 0.409 e. The number of amides is 3. The summed E-state index contributed by atoms with van der Waals surface area (Å²) < 4.78 is 5.25. The molecule has 2 atom stereocenters. The van der Waals surface area contributed by atoms with Gasteiger partial charge in [0, 0.05) is 38.9 Å². The van der Waals surface area contributed by atoms with Crippen molar-refractivity contribution in [3.8, 4) is 0 Å². The number of ether oxygens (including phenoxy) is 1. The van der Waals surface area contributed by atoms with E-state index in [2.05, 4.69) is 5.32 Å². The number of carboxylic acid groups (broad SMARTS) is 1. The van der Waals surface area contributed by atoms with E-state index in [0.29, 0.717) is 25.9 Å². The third-order valence-corrected chi connectivity index (χ3v) is 4.94. The van der Waals surface area contributed by atoms with Crippen LogP contribution in [-0.4, -0.2) is 69.7 Å². The molecule has 9 nitrogen and oxygen atoms in total. The lowest BCUT2D eigenvalue weighted by molar-refractivity contribution is -0.161. The van der Waals surface area contributed by atoms with E-state index in [-0.39, 0.29) is 37.1 Å². The third-order valence-electron chi connectivity index (χ3n) is 4.94. The van der Waals surface area contributed by atoms with Crippen molar-refractivity contribution in [1.82, 2.24) is 15.1 Å². The Labute approximate surface area is 165 Å². The lowest BCUT2D eigenvalue weighted by atomic mass is 9.93. The first-order chi connectivity index (χ1) is 12.9. The van der Waals surface area contributed by atoms with Gasteiger partial charge in [0.1, 0.15) is 5.60 Å². The molecule has 2 rings (SSSR count). The quantitative estimate of drug-likeness (QED) is 0.673. The Morgan fingerprint density at radius 3 is 2.21 bits per heavy atom. The molecule has 2 fully saturated rings. The first kappa shape index (κ1) is 22.0. The summed E-state index contributed by atoms with van der Waals surface area (Å²) in [5.74, 6) is -1.83. The predicted molar refractivity (Wildman–Crippen MR) is 100 cm³/mol. The Morgan fingerprint density at radius 2 is 1.75 bits per heavy atom. The van der Waals surface area contributed by atoms with Crippen molar-refractivity contribution < 1.29 is 29.0 Å². The van der Waals surface area contributed by atoms with Crippen LogP contribution in [0.15, 0.2) is 0 Å². The number of nitrogens with one attached hydrogen (secondary N) is 1. The average Bonchev–Trinajstić information content (AvgIpc) is 3.13. The Kier molecular flexibility index (Phi) is 6.56. The van der Waals surface area contributed by atoms with Gasteiger partial charge in [-0.1, -0.05) is 6.92 Å². The van der Waals surface area contributed by atoms with Crippen LogP contribution in [0.1, 0.15) is 59.8 Å². The molecular formula is C19H31N3O6. The monoisotopic (exact) mass is 397 g/mol. The largest absolute Gasteiger partial charge is 0.478 e. The minimum absolute atomic E-state index is 0.0168. The zero-order valence-corrected chi connectivity index (χ0v) is 17.1. The molecule has 0 spiro atoms. The van der Waals surface area contributed by atoms with E-state index < -0.39 is 23.3 Å². The number of aliphatic carboxylic acids is 1. The summed E-state index contributed by atoms with van der Waals surface area (Å²) in [7, 11) is 0. The minimum atomic E-state index is -1.90. The smallest absolute Gasteiger partial charge is 0.409 e. The van der Waals surface area contributed by atoms with Crippen LogP contribution >= 0.6 is 0 Å². The zero-order chi connectivity index (χ0) is 21.1. The number of rotatable bonds is 7. The molecule has 3 amide bonds. The van der Waals surface area contributed by atoms with E-state index in [0.717, 1.165) is 6.42 Å². The molecule has 9 heteroatoms. The molecule has 2 N–H and O–H groups in total. The average molecular weight is 397 g/mol. The number of carbonyl (C=O) groups is 4. The Balaban J connectivity index is 2.25. The van der Waals surface area contributed by atoms with Crippen LogP contribution in [-0.2, 0) is 19.1 Å². The maximum absolute atomic E-state index is 12.4. The second-order valence-corrected chi connectivity index (χ2v) is 8.69. The summed E-state index contributed by atoms with van der Waals surface area (Å²) in [6.45, 7) is 8.13. The Morgan fingerprint density at radius 1 is 1.14 bits per heavy atom. The molecule has 2 aliphatic heterocycles. The van der Waals surface area contributed by atoms with Crippen LogP contribution in [0, 0.1) is 5.92 Å². The van der Waals surface area contributed by atoms with E-state index >= 15 is 0 Å². The van der Waals surface area contributed by atoms with Gasteiger partial charge in [-0.25, -0.2) is 9.59 Å². The number of nitrogens with zero attached hydrogens (tertiary/aromatic N) is 2. The summed E-state index contributed by atoms with van der Waals surface area (Å²) in [6.07, 6.45) is 1.15. The van der Waals surface area contributed by atoms with E-state index in [1.54, 1.807) is 25.7 Å². The van der Waals surface area contributed by atoms with E-state index in [1.807, 2.05) is 6.92 Å². The molecule has 2 heterocycles. The Bertz CT molecular complexity index is 644. The molecule has 1 unspecified atom stereocenters. The molecule has 0 aromatic carbocycles. The van der Waals surface area contributed by atoms with Crippen LogP contribution in [0.3, 0.4) is 0 Å². The summed E-state index contributed by atoms with van der Waals surface area (Å²) >= 11 is 0. The van der Waals surface area contributed by atoms with E-state index in [9.17, 15) is 24.3 Å². The van der Waals surface area contributed by atoms with Gasteiger partial charge in [-0.15, -0.1) is 0 Å². The fourth-order valence-corrected chi connectivity index (χ4v) is 3.85.